The maximum Gasteiger partial charge on any atom is 0.416 e. The van der Waals surface area contributed by atoms with Gasteiger partial charge in [0.1, 0.15) is 10.7 Å². The van der Waals surface area contributed by atoms with Crippen molar-refractivity contribution in [2.75, 3.05) is 5.32 Å². The maximum absolute atomic E-state index is 12.4. The Balaban J connectivity index is 2.18. The Kier molecular flexibility index (Phi) is 3.84. The molecule has 0 unspecified atom stereocenters. The molecular formula is C12H9F3N4S. The highest BCUT2D eigenvalue weighted by atomic mass is 32.1. The molecule has 1 heterocycles. The lowest BCUT2D eigenvalue weighted by Crippen LogP contribution is -2.12. The standard InChI is InChI=1S/C12H9F3N4S/c13-12(14,15)7-1-3-8(4-2-7)18-11-17-6-5-9(19-11)10(16)20/h1-6H,(H2,16,20)(H,17,18,19). The fraction of sp³-hybridized carbons (Fsp3) is 0.0833. The first-order valence-corrected chi connectivity index (χ1v) is 5.84. The summed E-state index contributed by atoms with van der Waals surface area (Å²) in [5, 5.41) is 2.77. The molecule has 0 saturated carbocycles. The van der Waals surface area contributed by atoms with Crippen LogP contribution in [0.2, 0.25) is 0 Å². The Hall–Kier alpha value is -2.22. The Labute approximate surface area is 117 Å². The van der Waals surface area contributed by atoms with E-state index >= 15 is 0 Å². The lowest BCUT2D eigenvalue weighted by molar-refractivity contribution is -0.137. The van der Waals surface area contributed by atoms with Gasteiger partial charge in [-0.25, -0.2) is 9.97 Å². The van der Waals surface area contributed by atoms with Crippen molar-refractivity contribution in [1.29, 1.82) is 0 Å². The fourth-order valence-electron chi connectivity index (χ4n) is 1.43. The van der Waals surface area contributed by atoms with Crippen LogP contribution in [-0.4, -0.2) is 15.0 Å². The van der Waals surface area contributed by atoms with E-state index in [0.29, 0.717) is 11.4 Å². The van der Waals surface area contributed by atoms with Crippen LogP contribution in [0.1, 0.15) is 11.3 Å². The number of benzene rings is 1. The fourth-order valence-corrected chi connectivity index (χ4v) is 1.54. The molecule has 0 fully saturated rings. The van der Waals surface area contributed by atoms with Crippen molar-refractivity contribution in [3.63, 3.8) is 0 Å². The molecule has 8 heteroatoms. The summed E-state index contributed by atoms with van der Waals surface area (Å²) in [5.41, 5.74) is 5.52. The summed E-state index contributed by atoms with van der Waals surface area (Å²) >= 11 is 4.78. The monoisotopic (exact) mass is 298 g/mol. The molecule has 0 saturated heterocycles. The zero-order valence-corrected chi connectivity index (χ0v) is 10.8. The van der Waals surface area contributed by atoms with Gasteiger partial charge < -0.3 is 11.1 Å². The predicted octanol–water partition coefficient (Wildman–Crippen LogP) is 2.87. The Morgan fingerprint density at radius 3 is 2.35 bits per heavy atom. The van der Waals surface area contributed by atoms with E-state index < -0.39 is 11.7 Å². The number of thiocarbonyl (C=S) groups is 1. The molecule has 104 valence electrons. The molecule has 2 rings (SSSR count). The topological polar surface area (TPSA) is 63.8 Å². The zero-order chi connectivity index (χ0) is 14.8. The highest BCUT2D eigenvalue weighted by molar-refractivity contribution is 7.80. The van der Waals surface area contributed by atoms with Gasteiger partial charge >= 0.3 is 6.18 Å². The molecular weight excluding hydrogens is 289 g/mol. The highest BCUT2D eigenvalue weighted by Gasteiger charge is 2.29. The van der Waals surface area contributed by atoms with Crippen molar-refractivity contribution >= 4 is 28.8 Å². The minimum atomic E-state index is -4.36. The van der Waals surface area contributed by atoms with Gasteiger partial charge in [0.15, 0.2) is 0 Å². The van der Waals surface area contributed by atoms with Gasteiger partial charge in [0.05, 0.1) is 5.56 Å². The van der Waals surface area contributed by atoms with Crippen LogP contribution in [0.25, 0.3) is 0 Å². The van der Waals surface area contributed by atoms with E-state index in [9.17, 15) is 13.2 Å². The zero-order valence-electron chi connectivity index (χ0n) is 9.98. The van der Waals surface area contributed by atoms with Crippen LogP contribution in [0.3, 0.4) is 0 Å². The SMILES string of the molecule is NC(=S)c1ccnc(Nc2ccc(C(F)(F)F)cc2)n1. The van der Waals surface area contributed by atoms with Crippen molar-refractivity contribution in [2.24, 2.45) is 5.73 Å². The van der Waals surface area contributed by atoms with Crippen molar-refractivity contribution in [3.05, 3.63) is 47.8 Å². The number of rotatable bonds is 3. The number of nitrogens with two attached hydrogens (primary N) is 1. The van der Waals surface area contributed by atoms with Crippen LogP contribution in [0.15, 0.2) is 36.5 Å². The van der Waals surface area contributed by atoms with E-state index in [4.69, 9.17) is 18.0 Å². The molecule has 1 aromatic heterocycles. The molecule has 0 radical (unpaired) electrons. The maximum atomic E-state index is 12.4. The smallest absolute Gasteiger partial charge is 0.388 e. The molecule has 0 aliphatic rings. The molecule has 0 atom stereocenters. The van der Waals surface area contributed by atoms with Crippen LogP contribution >= 0.6 is 12.2 Å². The van der Waals surface area contributed by atoms with Crippen LogP contribution in [-0.2, 0) is 6.18 Å². The lowest BCUT2D eigenvalue weighted by atomic mass is 10.2. The summed E-state index contributed by atoms with van der Waals surface area (Å²) in [6, 6.07) is 6.07. The Morgan fingerprint density at radius 2 is 1.80 bits per heavy atom. The van der Waals surface area contributed by atoms with Crippen molar-refractivity contribution in [1.82, 2.24) is 9.97 Å². The number of hydrogen-bond donors (Lipinski definition) is 2. The van der Waals surface area contributed by atoms with E-state index in [0.717, 1.165) is 12.1 Å². The summed E-state index contributed by atoms with van der Waals surface area (Å²) in [5.74, 6) is 0.204. The molecule has 20 heavy (non-hydrogen) atoms. The highest BCUT2D eigenvalue weighted by Crippen LogP contribution is 2.30. The average Bonchev–Trinajstić information content (AvgIpc) is 2.38. The van der Waals surface area contributed by atoms with Gasteiger partial charge in [0.2, 0.25) is 5.95 Å². The minimum absolute atomic E-state index is 0.114. The number of halogens is 3. The molecule has 2 aromatic rings. The summed E-state index contributed by atoms with van der Waals surface area (Å²) in [6.45, 7) is 0. The van der Waals surface area contributed by atoms with Gasteiger partial charge in [-0.05, 0) is 30.3 Å². The summed E-state index contributed by atoms with van der Waals surface area (Å²) in [6.07, 6.45) is -2.91. The van der Waals surface area contributed by atoms with Crippen LogP contribution in [0.5, 0.6) is 0 Å². The second kappa shape index (κ2) is 5.41. The molecule has 0 bridgehead atoms. The number of nitrogens with one attached hydrogen (secondary N) is 1. The molecule has 0 aliphatic heterocycles. The number of hydrogen-bond acceptors (Lipinski definition) is 4. The first kappa shape index (κ1) is 14.2. The molecule has 3 N–H and O–H groups in total. The van der Waals surface area contributed by atoms with Gasteiger partial charge in [0.25, 0.3) is 0 Å². The minimum Gasteiger partial charge on any atom is -0.388 e. The molecule has 0 spiro atoms. The number of aromatic nitrogens is 2. The number of alkyl halides is 3. The summed E-state index contributed by atoms with van der Waals surface area (Å²) in [4.78, 5) is 8.07. The average molecular weight is 298 g/mol. The van der Waals surface area contributed by atoms with Gasteiger partial charge in [-0.15, -0.1) is 0 Å². The first-order valence-electron chi connectivity index (χ1n) is 5.43. The van der Waals surface area contributed by atoms with Crippen molar-refractivity contribution in [3.8, 4) is 0 Å². The lowest BCUT2D eigenvalue weighted by Gasteiger charge is -2.09. The van der Waals surface area contributed by atoms with E-state index in [1.807, 2.05) is 0 Å². The van der Waals surface area contributed by atoms with E-state index in [-0.39, 0.29) is 10.9 Å². The van der Waals surface area contributed by atoms with Gasteiger partial charge in [-0.2, -0.15) is 13.2 Å². The van der Waals surface area contributed by atoms with Gasteiger partial charge in [0, 0.05) is 11.9 Å². The molecule has 0 amide bonds. The van der Waals surface area contributed by atoms with Crippen LogP contribution in [0.4, 0.5) is 24.8 Å². The van der Waals surface area contributed by atoms with Crippen molar-refractivity contribution in [2.45, 2.75) is 6.18 Å². The third-order valence-electron chi connectivity index (χ3n) is 2.38. The number of anilines is 2. The summed E-state index contributed by atoms with van der Waals surface area (Å²) < 4.78 is 37.2. The normalized spacial score (nSPS) is 11.2. The van der Waals surface area contributed by atoms with E-state index in [2.05, 4.69) is 15.3 Å². The second-order valence-corrected chi connectivity index (χ2v) is 4.27. The third-order valence-corrected chi connectivity index (χ3v) is 2.59. The molecule has 0 aliphatic carbocycles. The summed E-state index contributed by atoms with van der Waals surface area (Å²) in [7, 11) is 0. The Morgan fingerprint density at radius 1 is 1.15 bits per heavy atom. The largest absolute Gasteiger partial charge is 0.416 e. The first-order chi connectivity index (χ1) is 9.36. The number of nitrogens with zero attached hydrogens (tertiary/aromatic N) is 2. The second-order valence-electron chi connectivity index (χ2n) is 3.83. The van der Waals surface area contributed by atoms with Gasteiger partial charge in [-0.1, -0.05) is 12.2 Å². The van der Waals surface area contributed by atoms with Crippen LogP contribution < -0.4 is 11.1 Å². The predicted molar refractivity (Wildman–Crippen MR) is 72.6 cm³/mol. The quantitative estimate of drug-likeness (QED) is 0.853. The van der Waals surface area contributed by atoms with E-state index in [1.54, 1.807) is 6.07 Å². The Bertz CT molecular complexity index is 625. The van der Waals surface area contributed by atoms with E-state index in [1.165, 1.54) is 18.3 Å². The molecule has 4 nitrogen and oxygen atoms in total. The molecule has 1 aromatic carbocycles. The van der Waals surface area contributed by atoms with Crippen molar-refractivity contribution < 1.29 is 13.2 Å². The van der Waals surface area contributed by atoms with Gasteiger partial charge in [-0.3, -0.25) is 0 Å². The van der Waals surface area contributed by atoms with Crippen LogP contribution in [0, 0.1) is 0 Å². The third kappa shape index (κ3) is 3.41.